The largest absolute Gasteiger partial charge is 0.457 e. The second-order valence-corrected chi connectivity index (χ2v) is 8.83. The number of carbonyl (C=O) groups excluding carboxylic acids is 1. The van der Waals surface area contributed by atoms with Crippen LogP contribution in [-0.4, -0.2) is 11.9 Å². The van der Waals surface area contributed by atoms with E-state index in [1.54, 1.807) is 36.4 Å². The van der Waals surface area contributed by atoms with Gasteiger partial charge in [0.05, 0.1) is 5.02 Å². The van der Waals surface area contributed by atoms with Gasteiger partial charge in [0, 0.05) is 22.2 Å². The van der Waals surface area contributed by atoms with E-state index < -0.39 is 5.97 Å². The van der Waals surface area contributed by atoms with Crippen molar-refractivity contribution in [3.05, 3.63) is 87.2 Å². The highest BCUT2D eigenvalue weighted by Crippen LogP contribution is 2.32. The Morgan fingerprint density at radius 3 is 2.40 bits per heavy atom. The van der Waals surface area contributed by atoms with Gasteiger partial charge in [0.2, 0.25) is 5.90 Å². The number of hydrogen-bond acceptors (Lipinski definition) is 4. The van der Waals surface area contributed by atoms with Crippen molar-refractivity contribution in [3.8, 4) is 11.3 Å². The molecule has 0 unspecified atom stereocenters. The average Bonchev–Trinajstić information content (AvgIpc) is 3.30. The van der Waals surface area contributed by atoms with Gasteiger partial charge in [-0.1, -0.05) is 56.1 Å². The minimum absolute atomic E-state index is 0.0423. The molecular formula is C24H19Cl2NO3. The van der Waals surface area contributed by atoms with Crippen LogP contribution in [0.25, 0.3) is 17.4 Å². The molecule has 3 aromatic rings. The maximum absolute atomic E-state index is 12.3. The van der Waals surface area contributed by atoms with Gasteiger partial charge in [0.1, 0.15) is 11.5 Å². The minimum atomic E-state index is -0.524. The molecule has 6 heteroatoms. The average molecular weight is 440 g/mol. The second-order valence-electron chi connectivity index (χ2n) is 7.99. The Balaban J connectivity index is 1.60. The second kappa shape index (κ2) is 7.78. The standard InChI is InChI=1S/C24H19Cl2NO3/c1-24(2,3)15-6-4-14(5-7-15)22-27-20(23(28)30-22)13-17-9-11-21(29-17)18-12-16(25)8-10-19(18)26/h4-13H,1-3H3/b20-13-. The lowest BCUT2D eigenvalue weighted by molar-refractivity contribution is -0.129. The minimum Gasteiger partial charge on any atom is -0.457 e. The van der Waals surface area contributed by atoms with Crippen molar-refractivity contribution in [1.82, 2.24) is 0 Å². The molecule has 0 bridgehead atoms. The van der Waals surface area contributed by atoms with Crippen molar-refractivity contribution >= 4 is 41.1 Å². The van der Waals surface area contributed by atoms with Crippen LogP contribution in [0, 0.1) is 0 Å². The van der Waals surface area contributed by atoms with Crippen molar-refractivity contribution < 1.29 is 13.9 Å². The topological polar surface area (TPSA) is 51.8 Å². The number of rotatable bonds is 3. The number of halogens is 2. The van der Waals surface area contributed by atoms with Gasteiger partial charge < -0.3 is 9.15 Å². The smallest absolute Gasteiger partial charge is 0.363 e. The van der Waals surface area contributed by atoms with E-state index in [9.17, 15) is 4.79 Å². The van der Waals surface area contributed by atoms with Crippen LogP contribution in [0.4, 0.5) is 0 Å². The molecule has 1 aromatic heterocycles. The number of carbonyl (C=O) groups is 1. The number of furan rings is 1. The molecule has 0 fully saturated rings. The first-order valence-electron chi connectivity index (χ1n) is 9.39. The molecule has 1 aliphatic heterocycles. The molecule has 0 saturated carbocycles. The fourth-order valence-corrected chi connectivity index (χ4v) is 3.42. The van der Waals surface area contributed by atoms with E-state index in [1.807, 2.05) is 24.3 Å². The Hall–Kier alpha value is -2.82. The summed E-state index contributed by atoms with van der Waals surface area (Å²) in [6, 6.07) is 16.5. The zero-order chi connectivity index (χ0) is 21.5. The van der Waals surface area contributed by atoms with Crippen molar-refractivity contribution in [2.75, 3.05) is 0 Å². The predicted octanol–water partition coefficient (Wildman–Crippen LogP) is 6.90. The van der Waals surface area contributed by atoms with Crippen molar-refractivity contribution in [1.29, 1.82) is 0 Å². The Morgan fingerprint density at radius 1 is 0.967 bits per heavy atom. The molecule has 4 nitrogen and oxygen atoms in total. The molecule has 4 rings (SSSR count). The van der Waals surface area contributed by atoms with Crippen LogP contribution in [0.1, 0.15) is 37.7 Å². The molecule has 30 heavy (non-hydrogen) atoms. The van der Waals surface area contributed by atoms with Gasteiger partial charge in [0.25, 0.3) is 0 Å². The molecule has 0 saturated heterocycles. The monoisotopic (exact) mass is 439 g/mol. The van der Waals surface area contributed by atoms with Crippen LogP contribution in [0.3, 0.4) is 0 Å². The number of benzene rings is 2. The molecule has 152 valence electrons. The van der Waals surface area contributed by atoms with Gasteiger partial charge in [0.15, 0.2) is 5.70 Å². The zero-order valence-corrected chi connectivity index (χ0v) is 18.2. The highest BCUT2D eigenvalue weighted by atomic mass is 35.5. The van der Waals surface area contributed by atoms with E-state index in [1.165, 1.54) is 5.56 Å². The normalized spacial score (nSPS) is 15.4. The fraction of sp³-hybridized carbons (Fsp3) is 0.167. The van der Waals surface area contributed by atoms with Crippen LogP contribution in [-0.2, 0) is 14.9 Å². The number of aliphatic imine (C=N–C) groups is 1. The van der Waals surface area contributed by atoms with Gasteiger partial charge in [-0.05, 0) is 53.4 Å². The number of nitrogens with zero attached hydrogens (tertiary/aromatic N) is 1. The summed E-state index contributed by atoms with van der Waals surface area (Å²) in [5, 5.41) is 1.07. The lowest BCUT2D eigenvalue weighted by atomic mass is 9.87. The predicted molar refractivity (Wildman–Crippen MR) is 120 cm³/mol. The summed E-state index contributed by atoms with van der Waals surface area (Å²) in [6.45, 7) is 6.43. The molecular weight excluding hydrogens is 421 g/mol. The van der Waals surface area contributed by atoms with Crippen LogP contribution in [0.15, 0.2) is 69.7 Å². The third kappa shape index (κ3) is 4.20. The van der Waals surface area contributed by atoms with E-state index in [-0.39, 0.29) is 17.0 Å². The number of ether oxygens (including phenoxy) is 1. The maximum atomic E-state index is 12.3. The van der Waals surface area contributed by atoms with Crippen LogP contribution < -0.4 is 0 Å². The summed E-state index contributed by atoms with van der Waals surface area (Å²) in [5.74, 6) is 0.753. The zero-order valence-electron chi connectivity index (χ0n) is 16.7. The Bertz CT molecular complexity index is 1180. The summed E-state index contributed by atoms with van der Waals surface area (Å²) in [6.07, 6.45) is 1.54. The van der Waals surface area contributed by atoms with Crippen molar-refractivity contribution in [2.24, 2.45) is 4.99 Å². The molecule has 0 N–H and O–H groups in total. The number of cyclic esters (lactones) is 1. The Kier molecular flexibility index (Phi) is 5.31. The van der Waals surface area contributed by atoms with E-state index in [4.69, 9.17) is 32.4 Å². The van der Waals surface area contributed by atoms with E-state index in [0.717, 1.165) is 5.56 Å². The molecule has 0 radical (unpaired) electrons. The first kappa shape index (κ1) is 20.5. The summed E-state index contributed by atoms with van der Waals surface area (Å²) in [7, 11) is 0. The quantitative estimate of drug-likeness (QED) is 0.329. The molecule has 2 aromatic carbocycles. The van der Waals surface area contributed by atoms with Gasteiger partial charge in [-0.25, -0.2) is 9.79 Å². The van der Waals surface area contributed by atoms with Gasteiger partial charge >= 0.3 is 5.97 Å². The number of hydrogen-bond donors (Lipinski definition) is 0. The SMILES string of the molecule is CC(C)(C)c1ccc(C2=N/C(=C\c3ccc(-c4cc(Cl)ccc4Cl)o3)C(=O)O2)cc1. The molecule has 0 atom stereocenters. The summed E-state index contributed by atoms with van der Waals surface area (Å²) in [4.78, 5) is 16.6. The maximum Gasteiger partial charge on any atom is 0.363 e. The molecule has 2 heterocycles. The Morgan fingerprint density at radius 2 is 1.70 bits per heavy atom. The molecule has 0 spiro atoms. The van der Waals surface area contributed by atoms with Gasteiger partial charge in [-0.3, -0.25) is 0 Å². The summed E-state index contributed by atoms with van der Waals surface area (Å²) < 4.78 is 11.2. The highest BCUT2D eigenvalue weighted by molar-refractivity contribution is 6.35. The third-order valence-electron chi connectivity index (χ3n) is 4.72. The van der Waals surface area contributed by atoms with Crippen LogP contribution >= 0.6 is 23.2 Å². The van der Waals surface area contributed by atoms with E-state index >= 15 is 0 Å². The molecule has 0 aliphatic carbocycles. The van der Waals surface area contributed by atoms with Crippen LogP contribution in [0.2, 0.25) is 10.0 Å². The summed E-state index contributed by atoms with van der Waals surface area (Å²) in [5.41, 5.74) is 2.81. The third-order valence-corrected chi connectivity index (χ3v) is 5.28. The lowest BCUT2D eigenvalue weighted by Gasteiger charge is -2.18. The van der Waals surface area contributed by atoms with Crippen molar-refractivity contribution in [2.45, 2.75) is 26.2 Å². The fourth-order valence-electron chi connectivity index (χ4n) is 3.04. The van der Waals surface area contributed by atoms with E-state index in [2.05, 4.69) is 25.8 Å². The highest BCUT2D eigenvalue weighted by Gasteiger charge is 2.25. The lowest BCUT2D eigenvalue weighted by Crippen LogP contribution is -2.11. The van der Waals surface area contributed by atoms with E-state index in [0.29, 0.717) is 27.1 Å². The Labute approximate surface area is 184 Å². The number of esters is 1. The molecule has 1 aliphatic rings. The van der Waals surface area contributed by atoms with Gasteiger partial charge in [-0.15, -0.1) is 0 Å². The first-order valence-corrected chi connectivity index (χ1v) is 10.1. The van der Waals surface area contributed by atoms with Crippen molar-refractivity contribution in [3.63, 3.8) is 0 Å². The molecule has 0 amide bonds. The van der Waals surface area contributed by atoms with Crippen LogP contribution in [0.5, 0.6) is 0 Å². The first-order chi connectivity index (χ1) is 14.2. The van der Waals surface area contributed by atoms with Gasteiger partial charge in [-0.2, -0.15) is 0 Å². The summed E-state index contributed by atoms with van der Waals surface area (Å²) >= 11 is 12.3.